The molecule has 5 nitrogen and oxygen atoms in total. The summed E-state index contributed by atoms with van der Waals surface area (Å²) in [7, 11) is 3.14. The Morgan fingerprint density at radius 3 is 2.90 bits per heavy atom. The fourth-order valence-electron chi connectivity index (χ4n) is 0.199. The Labute approximate surface area is 70.2 Å². The SMILES string of the molecule is CN[I-]OC(=O)OCOC. The number of hydrogen-bond acceptors (Lipinski definition) is 5. The van der Waals surface area contributed by atoms with Crippen molar-refractivity contribution >= 4 is 6.16 Å². The van der Waals surface area contributed by atoms with Gasteiger partial charge in [-0.15, -0.1) is 0 Å². The van der Waals surface area contributed by atoms with E-state index < -0.39 is 28.0 Å². The molecule has 10 heavy (non-hydrogen) atoms. The van der Waals surface area contributed by atoms with E-state index in [1.165, 1.54) is 7.11 Å². The van der Waals surface area contributed by atoms with Crippen LogP contribution in [0.15, 0.2) is 0 Å². The number of halogens is 1. The van der Waals surface area contributed by atoms with Crippen molar-refractivity contribution in [2.75, 3.05) is 21.0 Å². The average molecular weight is 262 g/mol. The van der Waals surface area contributed by atoms with Gasteiger partial charge in [-0.3, -0.25) is 0 Å². The van der Waals surface area contributed by atoms with Crippen molar-refractivity contribution in [1.82, 2.24) is 3.53 Å². The van der Waals surface area contributed by atoms with Crippen LogP contribution in [0.3, 0.4) is 0 Å². The van der Waals surface area contributed by atoms with Crippen molar-refractivity contribution in [1.29, 1.82) is 0 Å². The van der Waals surface area contributed by atoms with Gasteiger partial charge in [-0.05, 0) is 0 Å². The Hall–Kier alpha value is -0.0800. The van der Waals surface area contributed by atoms with Crippen LogP contribution < -0.4 is 25.4 Å². The number of hydrogen-bond donors (Lipinski definition) is 1. The number of rotatable bonds is 4. The van der Waals surface area contributed by atoms with E-state index in [4.69, 9.17) is 0 Å². The van der Waals surface area contributed by atoms with Crippen molar-refractivity contribution in [2.24, 2.45) is 0 Å². The summed E-state index contributed by atoms with van der Waals surface area (Å²) < 4.78 is 16.1. The molecule has 0 aromatic heterocycles. The first-order chi connectivity index (χ1) is 4.81. The molecule has 6 heteroatoms. The summed E-state index contributed by atoms with van der Waals surface area (Å²) in [6, 6.07) is 0. The van der Waals surface area contributed by atoms with Crippen molar-refractivity contribution in [3.05, 3.63) is 0 Å². The molecule has 0 aliphatic heterocycles. The molecular weight excluding hydrogens is 253 g/mol. The van der Waals surface area contributed by atoms with Crippen LogP contribution in [-0.4, -0.2) is 27.1 Å². The summed E-state index contributed by atoms with van der Waals surface area (Å²) in [5.41, 5.74) is 0. The molecule has 0 heterocycles. The second-order valence-corrected chi connectivity index (χ2v) is 3.10. The van der Waals surface area contributed by atoms with Gasteiger partial charge in [-0.2, -0.15) is 0 Å². The van der Waals surface area contributed by atoms with Crippen LogP contribution in [0.4, 0.5) is 4.79 Å². The van der Waals surface area contributed by atoms with Gasteiger partial charge in [0.2, 0.25) is 0 Å². The first kappa shape index (κ1) is 9.92. The number of carbonyl (C=O) groups excluding carboxylic acids is 1. The molecule has 0 unspecified atom stereocenters. The molecule has 0 aliphatic carbocycles. The molecule has 0 rings (SSSR count). The molecule has 0 spiro atoms. The molecule has 0 bridgehead atoms. The van der Waals surface area contributed by atoms with Crippen molar-refractivity contribution in [2.45, 2.75) is 0 Å². The average Bonchev–Trinajstić information content (AvgIpc) is 1.97. The first-order valence-corrected chi connectivity index (χ1v) is 4.40. The zero-order valence-corrected chi connectivity index (χ0v) is 7.88. The minimum absolute atomic E-state index is 0.0632. The number of ether oxygens (including phenoxy) is 2. The van der Waals surface area contributed by atoms with Crippen LogP contribution in [-0.2, 0) is 12.5 Å². The molecule has 62 valence electrons. The summed E-state index contributed by atoms with van der Waals surface area (Å²) in [5, 5.41) is 0. The van der Waals surface area contributed by atoms with E-state index in [1.807, 2.05) is 0 Å². The van der Waals surface area contributed by atoms with E-state index in [-0.39, 0.29) is 6.79 Å². The van der Waals surface area contributed by atoms with Crippen molar-refractivity contribution in [3.8, 4) is 0 Å². The van der Waals surface area contributed by atoms with Crippen LogP contribution in [0, 0.1) is 0 Å². The van der Waals surface area contributed by atoms with E-state index in [0.717, 1.165) is 0 Å². The molecular formula is C4H9INO4-. The van der Waals surface area contributed by atoms with Gasteiger partial charge in [0.05, 0.1) is 0 Å². The Morgan fingerprint density at radius 2 is 2.40 bits per heavy atom. The van der Waals surface area contributed by atoms with E-state index in [2.05, 4.69) is 16.1 Å². The summed E-state index contributed by atoms with van der Waals surface area (Å²) in [6.07, 6.45) is -0.691. The predicted molar refractivity (Wildman–Crippen MR) is 28.5 cm³/mol. The Morgan fingerprint density at radius 1 is 1.70 bits per heavy atom. The van der Waals surface area contributed by atoms with Gasteiger partial charge in [-0.1, -0.05) is 0 Å². The van der Waals surface area contributed by atoms with Crippen LogP contribution in [0.1, 0.15) is 0 Å². The minimum atomic E-state index is -0.710. The maximum atomic E-state index is 10.4. The Balaban J connectivity index is 3.09. The zero-order valence-electron chi connectivity index (χ0n) is 5.72. The van der Waals surface area contributed by atoms with Gasteiger partial charge >= 0.3 is 69.9 Å². The molecule has 0 saturated heterocycles. The molecule has 0 aliphatic rings. The van der Waals surface area contributed by atoms with Crippen molar-refractivity contribution < 1.29 is 39.2 Å². The molecule has 0 radical (unpaired) electrons. The van der Waals surface area contributed by atoms with Crippen LogP contribution in [0.2, 0.25) is 0 Å². The zero-order chi connectivity index (χ0) is 7.82. The van der Waals surface area contributed by atoms with Gasteiger partial charge in [0, 0.05) is 0 Å². The Bertz CT molecular complexity index is 89.3. The third-order valence-corrected chi connectivity index (χ3v) is 1.49. The van der Waals surface area contributed by atoms with Gasteiger partial charge in [0.1, 0.15) is 0 Å². The van der Waals surface area contributed by atoms with E-state index in [0.29, 0.717) is 0 Å². The van der Waals surface area contributed by atoms with E-state index >= 15 is 0 Å². The van der Waals surface area contributed by atoms with Gasteiger partial charge in [0.25, 0.3) is 0 Å². The number of carbonyl (C=O) groups is 1. The van der Waals surface area contributed by atoms with E-state index in [1.54, 1.807) is 7.05 Å². The van der Waals surface area contributed by atoms with Crippen LogP contribution in [0.5, 0.6) is 0 Å². The molecule has 0 aromatic carbocycles. The topological polar surface area (TPSA) is 56.8 Å². The third kappa shape index (κ3) is 6.05. The predicted octanol–water partition coefficient (Wildman–Crippen LogP) is -3.12. The van der Waals surface area contributed by atoms with Gasteiger partial charge in [-0.25, -0.2) is 0 Å². The summed E-state index contributed by atoms with van der Waals surface area (Å²) in [6.45, 7) is -0.0632. The Kier molecular flexibility index (Phi) is 6.98. The molecule has 0 atom stereocenters. The number of methoxy groups -OCH3 is 1. The van der Waals surface area contributed by atoms with E-state index in [9.17, 15) is 4.79 Å². The molecule has 0 amide bonds. The second-order valence-electron chi connectivity index (χ2n) is 1.14. The van der Waals surface area contributed by atoms with Crippen molar-refractivity contribution in [3.63, 3.8) is 0 Å². The van der Waals surface area contributed by atoms with Gasteiger partial charge < -0.3 is 0 Å². The summed E-state index contributed by atoms with van der Waals surface area (Å²) in [4.78, 5) is 10.4. The van der Waals surface area contributed by atoms with Crippen LogP contribution in [0.25, 0.3) is 0 Å². The summed E-state index contributed by atoms with van der Waals surface area (Å²) in [5.74, 6) is 0. The standard InChI is InChI=1S/C4H9INO4/c1-6-5-10-4(7)9-3-8-2/h6H,3H2,1-2H3/q-1. The molecule has 0 aromatic rings. The monoisotopic (exact) mass is 262 g/mol. The second kappa shape index (κ2) is 7.03. The molecule has 0 fully saturated rings. The third-order valence-electron chi connectivity index (χ3n) is 0.473. The first-order valence-electron chi connectivity index (χ1n) is 2.44. The van der Waals surface area contributed by atoms with Crippen LogP contribution >= 0.6 is 0 Å². The maximum absolute atomic E-state index is 10.4. The number of nitrogens with one attached hydrogen (secondary N) is 1. The molecule has 0 saturated carbocycles. The quantitative estimate of drug-likeness (QED) is 0.251. The fraction of sp³-hybridized carbons (Fsp3) is 0.750. The normalized spacial score (nSPS) is 9.40. The molecule has 1 N–H and O–H groups in total. The summed E-state index contributed by atoms with van der Waals surface area (Å²) >= 11 is -0.710. The fourth-order valence-corrected chi connectivity index (χ4v) is 0.727. The van der Waals surface area contributed by atoms with Gasteiger partial charge in [0.15, 0.2) is 0 Å².